The van der Waals surface area contributed by atoms with Crippen molar-refractivity contribution in [3.8, 4) is 0 Å². The summed E-state index contributed by atoms with van der Waals surface area (Å²) in [6, 6.07) is 4.17. The van der Waals surface area contributed by atoms with Gasteiger partial charge in [0.1, 0.15) is 5.97 Å². The van der Waals surface area contributed by atoms with Gasteiger partial charge in [-0.1, -0.05) is 38.5 Å². The Balaban J connectivity index is 0.00000264. The third kappa shape index (κ3) is 4.24. The number of aryl methyl sites for hydroxylation is 3. The third-order valence-corrected chi connectivity index (χ3v) is 3.67. The van der Waals surface area contributed by atoms with E-state index in [1.54, 1.807) is 0 Å². The van der Waals surface area contributed by atoms with Crippen molar-refractivity contribution >= 4 is 5.97 Å². The summed E-state index contributed by atoms with van der Waals surface area (Å²) in [6.07, 6.45) is 0. The van der Waals surface area contributed by atoms with Crippen LogP contribution in [0.25, 0.3) is 0 Å². The van der Waals surface area contributed by atoms with Gasteiger partial charge in [-0.15, -0.1) is 0 Å². The van der Waals surface area contributed by atoms with Gasteiger partial charge in [0, 0.05) is 5.41 Å². The zero-order chi connectivity index (χ0) is 16.7. The minimum Gasteiger partial charge on any atom is -0.542 e. The Morgan fingerprint density at radius 3 is 2.13 bits per heavy atom. The number of aromatic carboxylic acids is 1. The molecule has 0 saturated carbocycles. The first-order valence-electron chi connectivity index (χ1n) is 7.33. The molecule has 0 amide bonds. The molecule has 0 aliphatic rings. The molecule has 0 N–H and O–H groups in total. The van der Waals surface area contributed by atoms with Crippen molar-refractivity contribution in [2.45, 2.75) is 53.5 Å². The summed E-state index contributed by atoms with van der Waals surface area (Å²) in [5.74, 6) is -0.913. The second-order valence-corrected chi connectivity index (χ2v) is 6.83. The van der Waals surface area contributed by atoms with Gasteiger partial charge < -0.3 is 9.90 Å². The first-order valence-corrected chi connectivity index (χ1v) is 7.33. The van der Waals surface area contributed by atoms with E-state index in [-0.39, 0.29) is 30.1 Å². The van der Waals surface area contributed by atoms with Gasteiger partial charge in [-0.25, -0.2) is 9.67 Å². The Morgan fingerprint density at radius 2 is 1.70 bits per heavy atom. The molecule has 0 spiro atoms. The van der Waals surface area contributed by atoms with Crippen LogP contribution in [0.3, 0.4) is 0 Å². The molecule has 2 rings (SSSR count). The monoisotopic (exact) mass is 307 g/mol. The summed E-state index contributed by atoms with van der Waals surface area (Å²) in [7, 11) is 0. The van der Waals surface area contributed by atoms with Gasteiger partial charge in [-0.3, -0.25) is 0 Å². The number of carbonyl (C=O) groups excluding carboxylic acids is 1. The first-order chi connectivity index (χ1) is 10.1. The van der Waals surface area contributed by atoms with E-state index >= 15 is 0 Å². The Morgan fingerprint density at radius 1 is 1.17 bits per heavy atom. The average Bonchev–Trinajstić information content (AvgIpc) is 2.77. The van der Waals surface area contributed by atoms with Crippen molar-refractivity contribution < 1.29 is 28.8 Å². The standard InChI is InChI=1S/C17H23N3O2.Li/c1-10-7-11(2)13(12(3)8-10)9-20-14(15(21)22)18-16(19-20)17(4,5)6;/h7-8H,9H2,1-6H3,(H,21,22);/q;+1/p-1. The van der Waals surface area contributed by atoms with Crippen molar-refractivity contribution in [3.63, 3.8) is 0 Å². The minimum absolute atomic E-state index is 0. The quantitative estimate of drug-likeness (QED) is 0.676. The summed E-state index contributed by atoms with van der Waals surface area (Å²) in [6.45, 7) is 12.3. The maximum absolute atomic E-state index is 11.3. The third-order valence-electron chi connectivity index (χ3n) is 3.67. The summed E-state index contributed by atoms with van der Waals surface area (Å²) in [5.41, 5.74) is 4.18. The van der Waals surface area contributed by atoms with Gasteiger partial charge in [0.05, 0.1) is 6.54 Å². The molecule has 1 aromatic carbocycles. The van der Waals surface area contributed by atoms with Crippen LogP contribution in [0.4, 0.5) is 0 Å². The zero-order valence-electron chi connectivity index (χ0n) is 15.0. The Labute approximate surface area is 149 Å². The number of carboxylic acids is 1. The number of carboxylic acid groups (broad SMARTS) is 1. The van der Waals surface area contributed by atoms with Crippen LogP contribution in [0.15, 0.2) is 12.1 Å². The Hall–Kier alpha value is -1.57. The molecule has 0 radical (unpaired) electrons. The van der Waals surface area contributed by atoms with Crippen molar-refractivity contribution in [1.29, 1.82) is 0 Å². The number of hydrogen-bond acceptors (Lipinski definition) is 4. The van der Waals surface area contributed by atoms with E-state index in [4.69, 9.17) is 0 Å². The predicted molar refractivity (Wildman–Crippen MR) is 82.8 cm³/mol. The molecular formula is C17H22LiN3O2. The molecule has 6 heteroatoms. The van der Waals surface area contributed by atoms with Crippen molar-refractivity contribution in [2.24, 2.45) is 0 Å². The van der Waals surface area contributed by atoms with E-state index in [0.29, 0.717) is 12.4 Å². The maximum atomic E-state index is 11.3. The molecule has 0 aliphatic heterocycles. The molecule has 0 saturated heterocycles. The topological polar surface area (TPSA) is 70.8 Å². The summed E-state index contributed by atoms with van der Waals surface area (Å²) in [4.78, 5) is 15.5. The fraction of sp³-hybridized carbons (Fsp3) is 0.471. The molecule has 118 valence electrons. The van der Waals surface area contributed by atoms with E-state index in [9.17, 15) is 9.90 Å². The molecule has 0 unspecified atom stereocenters. The number of carbonyl (C=O) groups is 1. The number of aromatic nitrogens is 3. The van der Waals surface area contributed by atoms with Crippen LogP contribution in [0, 0.1) is 20.8 Å². The van der Waals surface area contributed by atoms with E-state index in [0.717, 1.165) is 16.7 Å². The zero-order valence-corrected chi connectivity index (χ0v) is 15.0. The van der Waals surface area contributed by atoms with Crippen molar-refractivity contribution in [3.05, 3.63) is 46.0 Å². The van der Waals surface area contributed by atoms with Crippen molar-refractivity contribution in [2.75, 3.05) is 0 Å². The molecule has 1 heterocycles. The van der Waals surface area contributed by atoms with Crippen LogP contribution in [0.5, 0.6) is 0 Å². The van der Waals surface area contributed by atoms with Gasteiger partial charge in [-0.2, -0.15) is 5.10 Å². The predicted octanol–water partition coefficient (Wildman–Crippen LogP) is -1.08. The van der Waals surface area contributed by atoms with Crippen LogP contribution < -0.4 is 24.0 Å². The number of nitrogens with zero attached hydrogens (tertiary/aromatic N) is 3. The van der Waals surface area contributed by atoms with E-state index < -0.39 is 5.97 Å². The van der Waals surface area contributed by atoms with E-state index in [1.807, 2.05) is 41.5 Å². The Kier molecular flexibility index (Phi) is 5.84. The van der Waals surface area contributed by atoms with Crippen molar-refractivity contribution in [1.82, 2.24) is 14.8 Å². The fourth-order valence-corrected chi connectivity index (χ4v) is 2.53. The number of rotatable bonds is 3. The van der Waals surface area contributed by atoms with Crippen LogP contribution in [0.1, 0.15) is 59.5 Å². The summed E-state index contributed by atoms with van der Waals surface area (Å²) < 4.78 is 1.43. The minimum atomic E-state index is -1.30. The molecule has 0 atom stereocenters. The van der Waals surface area contributed by atoms with Crippen LogP contribution >= 0.6 is 0 Å². The van der Waals surface area contributed by atoms with Crippen LogP contribution in [0.2, 0.25) is 0 Å². The van der Waals surface area contributed by atoms with Gasteiger partial charge in [0.15, 0.2) is 11.6 Å². The first kappa shape index (κ1) is 19.5. The normalized spacial score (nSPS) is 11.2. The van der Waals surface area contributed by atoms with Crippen LogP contribution in [-0.2, 0) is 12.0 Å². The summed E-state index contributed by atoms with van der Waals surface area (Å²) >= 11 is 0. The smallest absolute Gasteiger partial charge is 0.542 e. The van der Waals surface area contributed by atoms with Gasteiger partial charge in [0.2, 0.25) is 0 Å². The molecule has 0 bridgehead atoms. The Bertz CT molecular complexity index is 707. The fourth-order valence-electron chi connectivity index (χ4n) is 2.53. The maximum Gasteiger partial charge on any atom is 1.00 e. The SMILES string of the molecule is Cc1cc(C)c(Cn2nc(C(C)(C)C)nc2C(=O)[O-])c(C)c1.[Li+]. The second-order valence-electron chi connectivity index (χ2n) is 6.83. The van der Waals surface area contributed by atoms with Crippen LogP contribution in [-0.4, -0.2) is 20.7 Å². The van der Waals surface area contributed by atoms with E-state index in [1.165, 1.54) is 10.2 Å². The molecule has 0 aliphatic carbocycles. The van der Waals surface area contributed by atoms with Gasteiger partial charge in [0.25, 0.3) is 0 Å². The molecule has 1 aromatic heterocycles. The van der Waals surface area contributed by atoms with Gasteiger partial charge in [-0.05, 0) is 37.5 Å². The molecule has 5 nitrogen and oxygen atoms in total. The largest absolute Gasteiger partial charge is 1.00 e. The van der Waals surface area contributed by atoms with Gasteiger partial charge >= 0.3 is 18.9 Å². The number of benzene rings is 1. The molecule has 2 aromatic rings. The average molecular weight is 307 g/mol. The number of hydrogen-bond donors (Lipinski definition) is 0. The molecule has 23 heavy (non-hydrogen) atoms. The molecule has 0 fully saturated rings. The summed E-state index contributed by atoms with van der Waals surface area (Å²) in [5, 5.41) is 15.7. The molecular weight excluding hydrogens is 285 g/mol. The van der Waals surface area contributed by atoms with E-state index in [2.05, 4.69) is 22.2 Å². The second kappa shape index (κ2) is 6.90.